The van der Waals surface area contributed by atoms with Crippen LogP contribution in [-0.4, -0.2) is 45.3 Å². The average Bonchev–Trinajstić information content (AvgIpc) is 2.99. The van der Waals surface area contributed by atoms with E-state index in [2.05, 4.69) is 75.3 Å². The van der Waals surface area contributed by atoms with Crippen molar-refractivity contribution in [3.8, 4) is 0 Å². The van der Waals surface area contributed by atoms with Crippen LogP contribution in [0.25, 0.3) is 5.57 Å². The molecule has 0 bridgehead atoms. The standard InChI is InChI=1S/C21H31N3/c1-6-7-11-21(22)20-14-17(24(4)5)12-13-19(20)18-10-8-9-16(18)15-23(2)3/h8-9,12-14,22H,6-7,10-11,15H2,1-5H3. The van der Waals surface area contributed by atoms with E-state index in [0.29, 0.717) is 0 Å². The van der Waals surface area contributed by atoms with Gasteiger partial charge in [-0.1, -0.05) is 31.6 Å². The lowest BCUT2D eigenvalue weighted by Gasteiger charge is -2.20. The predicted molar refractivity (Wildman–Crippen MR) is 106 cm³/mol. The van der Waals surface area contributed by atoms with E-state index in [-0.39, 0.29) is 0 Å². The highest BCUT2D eigenvalue weighted by Gasteiger charge is 2.18. The fourth-order valence-electron chi connectivity index (χ4n) is 3.13. The van der Waals surface area contributed by atoms with Crippen LogP contribution in [0.15, 0.2) is 35.9 Å². The average molecular weight is 326 g/mol. The van der Waals surface area contributed by atoms with Crippen LogP contribution in [0.2, 0.25) is 0 Å². The van der Waals surface area contributed by atoms with Gasteiger partial charge in [-0.2, -0.15) is 0 Å². The van der Waals surface area contributed by atoms with E-state index >= 15 is 0 Å². The van der Waals surface area contributed by atoms with Crippen LogP contribution in [0.1, 0.15) is 43.7 Å². The molecule has 0 heterocycles. The van der Waals surface area contributed by atoms with Crippen LogP contribution >= 0.6 is 0 Å². The Labute approximate surface area is 147 Å². The van der Waals surface area contributed by atoms with Crippen molar-refractivity contribution >= 4 is 17.0 Å². The molecule has 0 fully saturated rings. The lowest BCUT2D eigenvalue weighted by Crippen LogP contribution is -2.15. The molecule has 1 aromatic rings. The van der Waals surface area contributed by atoms with Gasteiger partial charge in [0.2, 0.25) is 0 Å². The normalized spacial score (nSPS) is 13.9. The molecule has 1 aliphatic carbocycles. The third kappa shape index (κ3) is 4.35. The fraction of sp³-hybridized carbons (Fsp3) is 0.476. The van der Waals surface area contributed by atoms with E-state index in [4.69, 9.17) is 5.41 Å². The highest BCUT2D eigenvalue weighted by atomic mass is 15.1. The topological polar surface area (TPSA) is 30.3 Å². The molecule has 0 saturated heterocycles. The van der Waals surface area contributed by atoms with E-state index in [1.54, 1.807) is 0 Å². The molecule has 0 atom stereocenters. The smallest absolute Gasteiger partial charge is 0.0393 e. The molecule has 1 N–H and O–H groups in total. The van der Waals surface area contributed by atoms with Gasteiger partial charge in [0, 0.05) is 37.6 Å². The molecular weight excluding hydrogens is 294 g/mol. The van der Waals surface area contributed by atoms with Crippen LogP contribution in [0.3, 0.4) is 0 Å². The number of nitrogens with one attached hydrogen (secondary N) is 1. The zero-order chi connectivity index (χ0) is 17.7. The zero-order valence-electron chi connectivity index (χ0n) is 15.8. The van der Waals surface area contributed by atoms with E-state index in [1.807, 2.05) is 0 Å². The number of hydrogen-bond donors (Lipinski definition) is 1. The van der Waals surface area contributed by atoms with Gasteiger partial charge in [0.05, 0.1) is 0 Å². The summed E-state index contributed by atoms with van der Waals surface area (Å²) >= 11 is 0. The monoisotopic (exact) mass is 325 g/mol. The first-order chi connectivity index (χ1) is 11.4. The minimum absolute atomic E-state index is 0.763. The molecule has 2 rings (SSSR count). The number of allylic oxidation sites excluding steroid dienone is 2. The molecule has 0 amide bonds. The van der Waals surface area contributed by atoms with Crippen molar-refractivity contribution in [3.63, 3.8) is 0 Å². The van der Waals surface area contributed by atoms with Gasteiger partial charge in [-0.3, -0.25) is 0 Å². The predicted octanol–water partition coefficient (Wildman–Crippen LogP) is 4.59. The van der Waals surface area contributed by atoms with Gasteiger partial charge >= 0.3 is 0 Å². The Morgan fingerprint density at radius 2 is 1.92 bits per heavy atom. The number of nitrogens with zero attached hydrogens (tertiary/aromatic N) is 2. The van der Waals surface area contributed by atoms with Crippen molar-refractivity contribution < 1.29 is 0 Å². The number of benzene rings is 1. The Morgan fingerprint density at radius 3 is 2.54 bits per heavy atom. The summed E-state index contributed by atoms with van der Waals surface area (Å²) in [5.74, 6) is 0. The number of likely N-dealkylation sites (N-methyl/N-ethyl adjacent to an activating group) is 1. The summed E-state index contributed by atoms with van der Waals surface area (Å²) < 4.78 is 0. The molecule has 0 saturated carbocycles. The number of rotatable bonds is 8. The summed E-state index contributed by atoms with van der Waals surface area (Å²) in [6.07, 6.45) is 8.51. The van der Waals surface area contributed by atoms with Crippen molar-refractivity contribution in [1.29, 1.82) is 5.41 Å². The van der Waals surface area contributed by atoms with E-state index in [0.717, 1.165) is 49.2 Å². The van der Waals surface area contributed by atoms with Crippen LogP contribution in [0.4, 0.5) is 5.69 Å². The Bertz CT molecular complexity index is 651. The van der Waals surface area contributed by atoms with Crippen LogP contribution in [0.5, 0.6) is 0 Å². The summed E-state index contributed by atoms with van der Waals surface area (Å²) in [6, 6.07) is 6.57. The van der Waals surface area contributed by atoms with Crippen LogP contribution < -0.4 is 4.90 Å². The molecule has 3 nitrogen and oxygen atoms in total. The third-order valence-corrected chi connectivity index (χ3v) is 4.47. The zero-order valence-corrected chi connectivity index (χ0v) is 15.8. The Morgan fingerprint density at radius 1 is 1.17 bits per heavy atom. The fourth-order valence-corrected chi connectivity index (χ4v) is 3.13. The largest absolute Gasteiger partial charge is 0.378 e. The van der Waals surface area contributed by atoms with Gasteiger partial charge in [0.1, 0.15) is 0 Å². The summed E-state index contributed by atoms with van der Waals surface area (Å²) in [6.45, 7) is 3.13. The summed E-state index contributed by atoms with van der Waals surface area (Å²) in [5, 5.41) is 8.61. The van der Waals surface area contributed by atoms with Crippen molar-refractivity contribution in [2.75, 3.05) is 39.6 Å². The van der Waals surface area contributed by atoms with Gasteiger partial charge in [-0.15, -0.1) is 0 Å². The van der Waals surface area contributed by atoms with E-state index < -0.39 is 0 Å². The first kappa shape index (κ1) is 18.5. The molecule has 130 valence electrons. The second-order valence-corrected chi connectivity index (χ2v) is 7.05. The number of hydrogen-bond acceptors (Lipinski definition) is 3. The second-order valence-electron chi connectivity index (χ2n) is 7.05. The van der Waals surface area contributed by atoms with Gasteiger partial charge in [0.15, 0.2) is 0 Å². The molecular formula is C21H31N3. The van der Waals surface area contributed by atoms with E-state index in [1.165, 1.54) is 16.7 Å². The molecule has 0 spiro atoms. The molecule has 24 heavy (non-hydrogen) atoms. The first-order valence-corrected chi connectivity index (χ1v) is 8.86. The molecule has 0 radical (unpaired) electrons. The first-order valence-electron chi connectivity index (χ1n) is 8.86. The summed E-state index contributed by atoms with van der Waals surface area (Å²) in [5.41, 5.74) is 7.02. The maximum Gasteiger partial charge on any atom is 0.0393 e. The third-order valence-electron chi connectivity index (χ3n) is 4.47. The Balaban J connectivity index is 2.46. The quantitative estimate of drug-likeness (QED) is 0.709. The van der Waals surface area contributed by atoms with E-state index in [9.17, 15) is 0 Å². The van der Waals surface area contributed by atoms with Crippen LogP contribution in [-0.2, 0) is 0 Å². The molecule has 0 unspecified atom stereocenters. The van der Waals surface area contributed by atoms with Gasteiger partial charge in [-0.05, 0) is 62.2 Å². The second kappa shape index (κ2) is 8.29. The molecule has 0 aliphatic heterocycles. The molecule has 1 aromatic carbocycles. The minimum Gasteiger partial charge on any atom is -0.378 e. The lowest BCUT2D eigenvalue weighted by molar-refractivity contribution is 0.450. The Kier molecular flexibility index (Phi) is 6.38. The SMILES string of the molecule is CCCCC(=N)c1cc(N(C)C)ccc1C1=C(CN(C)C)C=CC1. The maximum absolute atomic E-state index is 8.61. The van der Waals surface area contributed by atoms with Gasteiger partial charge in [0.25, 0.3) is 0 Å². The number of anilines is 1. The highest BCUT2D eigenvalue weighted by molar-refractivity contribution is 6.04. The maximum atomic E-state index is 8.61. The summed E-state index contributed by atoms with van der Waals surface area (Å²) in [7, 11) is 8.33. The summed E-state index contributed by atoms with van der Waals surface area (Å²) in [4.78, 5) is 4.32. The Hall–Kier alpha value is -1.87. The molecule has 0 aromatic heterocycles. The van der Waals surface area contributed by atoms with Crippen molar-refractivity contribution in [2.45, 2.75) is 32.6 Å². The highest BCUT2D eigenvalue weighted by Crippen LogP contribution is 2.33. The van der Waals surface area contributed by atoms with Crippen LogP contribution in [0, 0.1) is 5.41 Å². The number of unbranched alkanes of at least 4 members (excludes halogenated alkanes) is 1. The van der Waals surface area contributed by atoms with Gasteiger partial charge in [-0.25, -0.2) is 0 Å². The minimum atomic E-state index is 0.763. The van der Waals surface area contributed by atoms with Gasteiger partial charge < -0.3 is 15.2 Å². The van der Waals surface area contributed by atoms with Crippen molar-refractivity contribution in [1.82, 2.24) is 4.90 Å². The van der Waals surface area contributed by atoms with Crippen molar-refractivity contribution in [3.05, 3.63) is 47.1 Å². The lowest BCUT2D eigenvalue weighted by atomic mass is 9.91. The molecule has 3 heteroatoms. The van der Waals surface area contributed by atoms with Crippen molar-refractivity contribution in [2.24, 2.45) is 0 Å². The molecule has 1 aliphatic rings.